The highest BCUT2D eigenvalue weighted by Crippen LogP contribution is 2.21. The molecular weight excluding hydrogens is 248 g/mol. The van der Waals surface area contributed by atoms with Gasteiger partial charge in [-0.15, -0.1) is 0 Å². The second-order valence-corrected chi connectivity index (χ2v) is 4.27. The molecule has 1 aromatic heterocycles. The zero-order valence-electron chi connectivity index (χ0n) is 10.9. The van der Waals surface area contributed by atoms with E-state index in [0.29, 0.717) is 17.2 Å². The summed E-state index contributed by atoms with van der Waals surface area (Å²) in [6.45, 7) is 4.64. The minimum atomic E-state index is -0.878. The van der Waals surface area contributed by atoms with Crippen LogP contribution in [-0.4, -0.2) is 16.5 Å². The van der Waals surface area contributed by atoms with Crippen molar-refractivity contribution in [2.45, 2.75) is 20.3 Å². The third-order valence-corrected chi connectivity index (χ3v) is 2.60. The van der Waals surface area contributed by atoms with Crippen LogP contribution >= 0.6 is 0 Å². The Morgan fingerprint density at radius 2 is 1.89 bits per heavy atom. The van der Waals surface area contributed by atoms with Crippen molar-refractivity contribution in [3.8, 4) is 11.3 Å². The number of aromatic nitrogens is 2. The van der Waals surface area contributed by atoms with E-state index in [-0.39, 0.29) is 0 Å². The smallest absolute Gasteiger partial charge is 0.223 e. The topological polar surface area (TPSA) is 37.8 Å². The van der Waals surface area contributed by atoms with E-state index in [4.69, 9.17) is 0 Å². The monoisotopic (exact) mass is 263 g/mol. The van der Waals surface area contributed by atoms with E-state index in [9.17, 15) is 8.78 Å². The SMILES string of the molecule is CCCNc1nc(C)cc(-c2ccc(F)c(F)c2)n1. The van der Waals surface area contributed by atoms with Crippen LogP contribution in [-0.2, 0) is 0 Å². The van der Waals surface area contributed by atoms with Crippen molar-refractivity contribution in [2.24, 2.45) is 0 Å². The summed E-state index contributed by atoms with van der Waals surface area (Å²) in [6, 6.07) is 5.48. The standard InChI is InChI=1S/C14H15F2N3/c1-3-6-17-14-18-9(2)7-13(19-14)10-4-5-11(15)12(16)8-10/h4-5,7-8H,3,6H2,1-2H3,(H,17,18,19). The maximum atomic E-state index is 13.2. The van der Waals surface area contributed by atoms with Crippen LogP contribution in [0.3, 0.4) is 0 Å². The predicted molar refractivity (Wildman–Crippen MR) is 70.9 cm³/mol. The van der Waals surface area contributed by atoms with Crippen molar-refractivity contribution in [3.63, 3.8) is 0 Å². The summed E-state index contributed by atoms with van der Waals surface area (Å²) in [5.41, 5.74) is 1.88. The maximum absolute atomic E-state index is 13.2. The van der Waals surface area contributed by atoms with Gasteiger partial charge in [0.2, 0.25) is 5.95 Å². The number of nitrogens with zero attached hydrogens (tertiary/aromatic N) is 2. The molecule has 19 heavy (non-hydrogen) atoms. The van der Waals surface area contributed by atoms with Gasteiger partial charge in [-0.1, -0.05) is 6.92 Å². The number of nitrogens with one attached hydrogen (secondary N) is 1. The van der Waals surface area contributed by atoms with Crippen LogP contribution in [0.15, 0.2) is 24.3 Å². The molecule has 100 valence electrons. The molecule has 5 heteroatoms. The molecule has 1 heterocycles. The summed E-state index contributed by atoms with van der Waals surface area (Å²) in [4.78, 5) is 8.55. The molecule has 0 spiro atoms. The summed E-state index contributed by atoms with van der Waals surface area (Å²) in [5.74, 6) is -1.24. The van der Waals surface area contributed by atoms with Gasteiger partial charge in [0, 0.05) is 17.8 Å². The lowest BCUT2D eigenvalue weighted by Crippen LogP contribution is -2.05. The molecule has 0 unspecified atom stereocenters. The molecule has 0 radical (unpaired) electrons. The van der Waals surface area contributed by atoms with Gasteiger partial charge in [-0.3, -0.25) is 0 Å². The molecule has 0 fully saturated rings. The number of hydrogen-bond donors (Lipinski definition) is 1. The molecule has 3 nitrogen and oxygen atoms in total. The molecule has 0 aliphatic rings. The average Bonchev–Trinajstić information content (AvgIpc) is 2.39. The minimum absolute atomic E-state index is 0.501. The predicted octanol–water partition coefficient (Wildman–Crippen LogP) is 3.55. The van der Waals surface area contributed by atoms with Gasteiger partial charge in [0.05, 0.1) is 5.69 Å². The summed E-state index contributed by atoms with van der Waals surface area (Å²) in [7, 11) is 0. The second-order valence-electron chi connectivity index (χ2n) is 4.27. The molecule has 1 N–H and O–H groups in total. The van der Waals surface area contributed by atoms with Crippen LogP contribution in [0.1, 0.15) is 19.0 Å². The van der Waals surface area contributed by atoms with Gasteiger partial charge in [0.25, 0.3) is 0 Å². The molecule has 2 aromatic rings. The van der Waals surface area contributed by atoms with E-state index in [0.717, 1.165) is 30.8 Å². The average molecular weight is 263 g/mol. The van der Waals surface area contributed by atoms with Crippen LogP contribution in [0, 0.1) is 18.6 Å². The van der Waals surface area contributed by atoms with Crippen LogP contribution in [0.2, 0.25) is 0 Å². The lowest BCUT2D eigenvalue weighted by atomic mass is 10.1. The largest absolute Gasteiger partial charge is 0.354 e. The van der Waals surface area contributed by atoms with Gasteiger partial charge >= 0.3 is 0 Å². The van der Waals surface area contributed by atoms with E-state index in [1.54, 1.807) is 6.07 Å². The number of halogens is 2. The Balaban J connectivity index is 2.37. The Bertz CT molecular complexity index is 585. The zero-order valence-corrected chi connectivity index (χ0v) is 10.9. The summed E-state index contributed by atoms with van der Waals surface area (Å²) in [5, 5.41) is 3.08. The van der Waals surface area contributed by atoms with Gasteiger partial charge in [0.1, 0.15) is 0 Å². The van der Waals surface area contributed by atoms with Crippen molar-refractivity contribution in [3.05, 3.63) is 41.6 Å². The van der Waals surface area contributed by atoms with Crippen molar-refractivity contribution >= 4 is 5.95 Å². The van der Waals surface area contributed by atoms with Gasteiger partial charge in [-0.2, -0.15) is 0 Å². The first kappa shape index (κ1) is 13.4. The molecule has 0 aliphatic carbocycles. The molecule has 2 rings (SSSR count). The Morgan fingerprint density at radius 1 is 1.11 bits per heavy atom. The quantitative estimate of drug-likeness (QED) is 0.916. The third-order valence-electron chi connectivity index (χ3n) is 2.60. The van der Waals surface area contributed by atoms with Gasteiger partial charge < -0.3 is 5.32 Å². The first-order chi connectivity index (χ1) is 9.10. The highest BCUT2D eigenvalue weighted by molar-refractivity contribution is 5.60. The summed E-state index contributed by atoms with van der Waals surface area (Å²) >= 11 is 0. The Hall–Kier alpha value is -2.04. The Morgan fingerprint density at radius 3 is 2.58 bits per heavy atom. The Kier molecular flexibility index (Phi) is 4.04. The summed E-state index contributed by atoms with van der Waals surface area (Å²) in [6.07, 6.45) is 0.956. The first-order valence-corrected chi connectivity index (χ1v) is 6.15. The highest BCUT2D eigenvalue weighted by Gasteiger charge is 2.08. The van der Waals surface area contributed by atoms with E-state index >= 15 is 0 Å². The van der Waals surface area contributed by atoms with E-state index in [1.807, 2.05) is 13.8 Å². The summed E-state index contributed by atoms with van der Waals surface area (Å²) < 4.78 is 26.2. The minimum Gasteiger partial charge on any atom is -0.354 e. The molecule has 0 saturated heterocycles. The molecule has 1 aromatic carbocycles. The van der Waals surface area contributed by atoms with E-state index in [2.05, 4.69) is 15.3 Å². The third kappa shape index (κ3) is 3.24. The van der Waals surface area contributed by atoms with Crippen LogP contribution in [0.4, 0.5) is 14.7 Å². The number of hydrogen-bond acceptors (Lipinski definition) is 3. The lowest BCUT2D eigenvalue weighted by Gasteiger charge is -2.07. The molecule has 0 aliphatic heterocycles. The molecule has 0 amide bonds. The number of anilines is 1. The van der Waals surface area contributed by atoms with E-state index < -0.39 is 11.6 Å². The van der Waals surface area contributed by atoms with Crippen LogP contribution < -0.4 is 5.32 Å². The van der Waals surface area contributed by atoms with Gasteiger partial charge in [-0.05, 0) is 37.6 Å². The van der Waals surface area contributed by atoms with Crippen molar-refractivity contribution in [1.82, 2.24) is 9.97 Å². The van der Waals surface area contributed by atoms with Crippen molar-refractivity contribution in [1.29, 1.82) is 0 Å². The molecule has 0 atom stereocenters. The van der Waals surface area contributed by atoms with E-state index in [1.165, 1.54) is 6.07 Å². The fourth-order valence-corrected chi connectivity index (χ4v) is 1.69. The number of benzene rings is 1. The number of rotatable bonds is 4. The molecular formula is C14H15F2N3. The fourth-order valence-electron chi connectivity index (χ4n) is 1.69. The lowest BCUT2D eigenvalue weighted by molar-refractivity contribution is 0.509. The Labute approximate surface area is 110 Å². The van der Waals surface area contributed by atoms with Crippen LogP contribution in [0.5, 0.6) is 0 Å². The first-order valence-electron chi connectivity index (χ1n) is 6.15. The van der Waals surface area contributed by atoms with Crippen molar-refractivity contribution in [2.75, 3.05) is 11.9 Å². The fraction of sp³-hybridized carbons (Fsp3) is 0.286. The molecule has 0 saturated carbocycles. The highest BCUT2D eigenvalue weighted by atomic mass is 19.2. The van der Waals surface area contributed by atoms with Gasteiger partial charge in [-0.25, -0.2) is 18.7 Å². The van der Waals surface area contributed by atoms with Crippen LogP contribution in [0.25, 0.3) is 11.3 Å². The molecule has 0 bridgehead atoms. The van der Waals surface area contributed by atoms with Crippen molar-refractivity contribution < 1.29 is 8.78 Å². The maximum Gasteiger partial charge on any atom is 0.223 e. The normalized spacial score (nSPS) is 10.5. The second kappa shape index (κ2) is 5.73. The number of aryl methyl sites for hydroxylation is 1. The van der Waals surface area contributed by atoms with Gasteiger partial charge in [0.15, 0.2) is 11.6 Å². The zero-order chi connectivity index (χ0) is 13.8.